The van der Waals surface area contributed by atoms with Gasteiger partial charge in [0, 0.05) is 18.7 Å². The van der Waals surface area contributed by atoms with Crippen molar-refractivity contribution in [1.29, 1.82) is 5.26 Å². The maximum Gasteiger partial charge on any atom is 0.219 e. The number of hydrogen-bond acceptors (Lipinski definition) is 5. The lowest BCUT2D eigenvalue weighted by atomic mass is 10.1. The number of rotatable bonds is 5. The molecular formula is C20H19ClN6O. The van der Waals surface area contributed by atoms with E-state index in [0.717, 1.165) is 25.9 Å². The smallest absolute Gasteiger partial charge is 0.219 e. The molecule has 0 bridgehead atoms. The number of carbonyl (C=O) groups is 1. The Morgan fingerprint density at radius 3 is 2.96 bits per heavy atom. The zero-order valence-corrected chi connectivity index (χ0v) is 15.9. The second kappa shape index (κ2) is 7.89. The van der Waals surface area contributed by atoms with E-state index in [2.05, 4.69) is 21.8 Å². The number of nitrogens with one attached hydrogen (secondary N) is 2. The first-order chi connectivity index (χ1) is 13.7. The minimum atomic E-state index is 0.212. The third-order valence-corrected chi connectivity index (χ3v) is 5.21. The highest BCUT2D eigenvalue weighted by Gasteiger charge is 2.22. The summed E-state index contributed by atoms with van der Waals surface area (Å²) in [6.45, 7) is 1.83. The van der Waals surface area contributed by atoms with Crippen LogP contribution in [0.1, 0.15) is 18.4 Å². The third-order valence-electron chi connectivity index (χ3n) is 4.89. The molecule has 1 aromatic carbocycles. The van der Waals surface area contributed by atoms with E-state index in [4.69, 9.17) is 11.6 Å². The lowest BCUT2D eigenvalue weighted by Crippen LogP contribution is -2.38. The van der Waals surface area contributed by atoms with Crippen LogP contribution in [0.15, 0.2) is 42.6 Å². The highest BCUT2D eigenvalue weighted by molar-refractivity contribution is 6.33. The van der Waals surface area contributed by atoms with E-state index in [1.54, 1.807) is 41.0 Å². The molecule has 3 aromatic rings. The van der Waals surface area contributed by atoms with Gasteiger partial charge in [0.25, 0.3) is 0 Å². The molecule has 8 heteroatoms. The molecule has 1 amide bonds. The second-order valence-corrected chi connectivity index (χ2v) is 7.05. The van der Waals surface area contributed by atoms with Crippen LogP contribution in [0.4, 0.5) is 17.2 Å². The van der Waals surface area contributed by atoms with Crippen molar-refractivity contribution in [3.05, 3.63) is 53.2 Å². The first-order valence-corrected chi connectivity index (χ1v) is 9.48. The second-order valence-electron chi connectivity index (χ2n) is 6.65. The number of benzene rings is 1. The molecule has 0 unspecified atom stereocenters. The molecule has 3 heterocycles. The highest BCUT2D eigenvalue weighted by Crippen LogP contribution is 2.34. The third kappa shape index (κ3) is 3.28. The molecule has 4 rings (SSSR count). The lowest BCUT2D eigenvalue weighted by Gasteiger charge is -2.27. The van der Waals surface area contributed by atoms with Crippen molar-refractivity contribution in [2.24, 2.45) is 0 Å². The van der Waals surface area contributed by atoms with Crippen LogP contribution in [0.25, 0.3) is 5.52 Å². The van der Waals surface area contributed by atoms with Gasteiger partial charge in [-0.1, -0.05) is 23.7 Å². The van der Waals surface area contributed by atoms with Crippen LogP contribution >= 0.6 is 11.6 Å². The van der Waals surface area contributed by atoms with Crippen LogP contribution in [0.2, 0.25) is 5.02 Å². The van der Waals surface area contributed by atoms with Crippen LogP contribution in [0, 0.1) is 11.3 Å². The summed E-state index contributed by atoms with van der Waals surface area (Å²) in [5.74, 6) is 0.508. The Bertz CT molecular complexity index is 1050. The zero-order chi connectivity index (χ0) is 19.5. The average molecular weight is 395 g/mol. The van der Waals surface area contributed by atoms with Crippen LogP contribution < -0.4 is 15.5 Å². The molecule has 0 aliphatic carbocycles. The number of aromatic nitrogens is 2. The quantitative estimate of drug-likeness (QED) is 0.648. The monoisotopic (exact) mass is 394 g/mol. The number of piperidine rings is 1. The van der Waals surface area contributed by atoms with Gasteiger partial charge in [-0.05, 0) is 37.6 Å². The number of nitriles is 1. The van der Waals surface area contributed by atoms with Gasteiger partial charge in [-0.15, -0.1) is 0 Å². The normalized spacial score (nSPS) is 16.5. The Morgan fingerprint density at radius 1 is 1.39 bits per heavy atom. The van der Waals surface area contributed by atoms with Gasteiger partial charge >= 0.3 is 0 Å². The zero-order valence-electron chi connectivity index (χ0n) is 15.1. The molecule has 142 valence electrons. The molecule has 7 nitrogen and oxygen atoms in total. The van der Waals surface area contributed by atoms with Crippen molar-refractivity contribution in [2.75, 3.05) is 23.3 Å². The van der Waals surface area contributed by atoms with Crippen LogP contribution in [0.5, 0.6) is 0 Å². The Labute approximate surface area is 167 Å². The Morgan fingerprint density at radius 2 is 2.25 bits per heavy atom. The van der Waals surface area contributed by atoms with Crippen molar-refractivity contribution in [1.82, 2.24) is 14.9 Å². The maximum atomic E-state index is 12.0. The van der Waals surface area contributed by atoms with Gasteiger partial charge in [-0.25, -0.2) is 4.52 Å². The summed E-state index contributed by atoms with van der Waals surface area (Å²) < 4.78 is 1.58. The fourth-order valence-corrected chi connectivity index (χ4v) is 3.78. The van der Waals surface area contributed by atoms with E-state index in [-0.39, 0.29) is 6.04 Å². The highest BCUT2D eigenvalue weighted by atomic mass is 35.5. The SMILES string of the molecule is N#Cc1c(N[C@H]2CCCNC2)cc(N(C=O)c2ccccc2Cl)n2nccc12. The van der Waals surface area contributed by atoms with Gasteiger partial charge in [-0.3, -0.25) is 9.69 Å². The van der Waals surface area contributed by atoms with Crippen LogP contribution in [-0.4, -0.2) is 35.2 Å². The summed E-state index contributed by atoms with van der Waals surface area (Å²) in [7, 11) is 0. The number of carbonyl (C=O) groups excluding carboxylic acids is 1. The molecule has 1 aliphatic rings. The predicted octanol–water partition coefficient (Wildman–Crippen LogP) is 3.32. The number of anilines is 3. The Balaban J connectivity index is 1.86. The molecule has 1 saturated heterocycles. The van der Waals surface area contributed by atoms with E-state index < -0.39 is 0 Å². The molecule has 2 aromatic heterocycles. The van der Waals surface area contributed by atoms with E-state index in [1.165, 1.54) is 4.90 Å². The molecule has 28 heavy (non-hydrogen) atoms. The van der Waals surface area contributed by atoms with Crippen molar-refractivity contribution >= 4 is 40.7 Å². The summed E-state index contributed by atoms with van der Waals surface area (Å²) in [5.41, 5.74) is 2.35. The van der Waals surface area contributed by atoms with Crippen LogP contribution in [0.3, 0.4) is 0 Å². The van der Waals surface area contributed by atoms with E-state index in [9.17, 15) is 10.1 Å². The largest absolute Gasteiger partial charge is 0.380 e. The van der Waals surface area contributed by atoms with Gasteiger partial charge in [0.2, 0.25) is 6.41 Å². The molecule has 0 radical (unpaired) electrons. The summed E-state index contributed by atoms with van der Waals surface area (Å²) in [6.07, 6.45) is 4.40. The maximum absolute atomic E-state index is 12.0. The number of para-hydroxylation sites is 1. The van der Waals surface area contributed by atoms with Crippen LogP contribution in [-0.2, 0) is 4.79 Å². The van der Waals surface area contributed by atoms with Gasteiger partial charge < -0.3 is 10.6 Å². The standard InChI is InChI=1S/C20H19ClN6O/c21-16-5-1-2-6-19(16)26(13-28)20-10-17(25-14-4-3-8-23-12-14)15(11-22)18-7-9-24-27(18)20/h1-2,5-7,9-10,13-14,23,25H,3-4,8,12H2/t14-/m0/s1. The van der Waals surface area contributed by atoms with E-state index in [0.29, 0.717) is 39.7 Å². The van der Waals surface area contributed by atoms with E-state index >= 15 is 0 Å². The number of hydrogen-bond donors (Lipinski definition) is 2. The summed E-state index contributed by atoms with van der Waals surface area (Å²) in [4.78, 5) is 13.4. The number of fused-ring (bicyclic) bond motifs is 1. The minimum Gasteiger partial charge on any atom is -0.380 e. The van der Waals surface area contributed by atoms with Crippen molar-refractivity contribution in [3.63, 3.8) is 0 Å². The first kappa shape index (κ1) is 18.3. The molecule has 0 saturated carbocycles. The fourth-order valence-electron chi connectivity index (χ4n) is 3.55. The lowest BCUT2D eigenvalue weighted by molar-refractivity contribution is -0.106. The summed E-state index contributed by atoms with van der Waals surface area (Å²) in [5, 5.41) is 21.4. The summed E-state index contributed by atoms with van der Waals surface area (Å²) in [6, 6.07) is 13.1. The van der Waals surface area contributed by atoms with Crippen molar-refractivity contribution in [3.8, 4) is 6.07 Å². The van der Waals surface area contributed by atoms with Crippen molar-refractivity contribution < 1.29 is 4.79 Å². The molecule has 1 aliphatic heterocycles. The first-order valence-electron chi connectivity index (χ1n) is 9.10. The van der Waals surface area contributed by atoms with Gasteiger partial charge in [0.15, 0.2) is 0 Å². The molecule has 0 spiro atoms. The number of halogens is 1. The molecular weight excluding hydrogens is 376 g/mol. The summed E-state index contributed by atoms with van der Waals surface area (Å²) >= 11 is 6.32. The Kier molecular flexibility index (Phi) is 5.15. The van der Waals surface area contributed by atoms with Gasteiger partial charge in [0.1, 0.15) is 17.5 Å². The number of pyridine rings is 1. The average Bonchev–Trinajstić information content (AvgIpc) is 3.20. The topological polar surface area (TPSA) is 85.5 Å². The minimum absolute atomic E-state index is 0.212. The predicted molar refractivity (Wildman–Crippen MR) is 109 cm³/mol. The number of amides is 1. The van der Waals surface area contributed by atoms with E-state index in [1.807, 2.05) is 6.07 Å². The Hall–Kier alpha value is -3.08. The van der Waals surface area contributed by atoms with Gasteiger partial charge in [-0.2, -0.15) is 10.4 Å². The van der Waals surface area contributed by atoms with Crippen molar-refractivity contribution in [2.45, 2.75) is 18.9 Å². The van der Waals surface area contributed by atoms with Gasteiger partial charge in [0.05, 0.1) is 28.1 Å². The molecule has 1 atom stereocenters. The number of nitrogens with zero attached hydrogens (tertiary/aromatic N) is 4. The molecule has 2 N–H and O–H groups in total. The fraction of sp³-hybridized carbons (Fsp3) is 0.250. The molecule has 1 fully saturated rings.